The van der Waals surface area contributed by atoms with Crippen LogP contribution in [0.3, 0.4) is 0 Å². The van der Waals surface area contributed by atoms with E-state index in [2.05, 4.69) is 5.32 Å². The molecule has 1 aromatic carbocycles. The molecule has 84 valence electrons. The second-order valence-electron chi connectivity index (χ2n) is 3.98. The lowest BCUT2D eigenvalue weighted by Gasteiger charge is -2.24. The van der Waals surface area contributed by atoms with Gasteiger partial charge in [0, 0.05) is 19.9 Å². The molecule has 5 heteroatoms. The quantitative estimate of drug-likeness (QED) is 0.532. The van der Waals surface area contributed by atoms with E-state index >= 15 is 0 Å². The highest BCUT2D eigenvalue weighted by molar-refractivity contribution is 6.02. The molecule has 2 aliphatic rings. The highest BCUT2D eigenvalue weighted by Crippen LogP contribution is 2.38. The Labute approximate surface area is 92.9 Å². The highest BCUT2D eigenvalue weighted by Gasteiger charge is 2.27. The van der Waals surface area contributed by atoms with Gasteiger partial charge in [-0.15, -0.1) is 0 Å². The molecule has 2 aliphatic heterocycles. The molecule has 3 rings (SSSR count). The second kappa shape index (κ2) is 3.04. The fourth-order valence-electron chi connectivity index (χ4n) is 2.05. The Balaban J connectivity index is 2.19. The van der Waals surface area contributed by atoms with Crippen molar-refractivity contribution in [3.05, 3.63) is 22.9 Å². The second-order valence-corrected chi connectivity index (χ2v) is 3.98. The van der Waals surface area contributed by atoms with E-state index in [9.17, 15) is 5.21 Å². The molecular formula is C11H12N2O3. The van der Waals surface area contributed by atoms with Crippen LogP contribution in [-0.2, 0) is 0 Å². The summed E-state index contributed by atoms with van der Waals surface area (Å²) in [5, 5.41) is 14.9. The number of benzene rings is 1. The fraction of sp³-hybridized carbons (Fsp3) is 0.364. The Morgan fingerprint density at radius 2 is 2.06 bits per heavy atom. The van der Waals surface area contributed by atoms with Gasteiger partial charge in [0.15, 0.2) is 17.2 Å². The zero-order valence-corrected chi connectivity index (χ0v) is 9.11. The molecule has 0 amide bonds. The van der Waals surface area contributed by atoms with Crippen LogP contribution >= 0.6 is 0 Å². The van der Waals surface area contributed by atoms with Gasteiger partial charge in [-0.1, -0.05) is 0 Å². The molecule has 0 aromatic heterocycles. The van der Waals surface area contributed by atoms with Crippen LogP contribution in [0.2, 0.25) is 0 Å². The van der Waals surface area contributed by atoms with Gasteiger partial charge < -0.3 is 20.0 Å². The van der Waals surface area contributed by atoms with Crippen molar-refractivity contribution in [1.82, 2.24) is 0 Å². The number of anilines is 1. The molecule has 0 saturated carbocycles. The third-order valence-corrected chi connectivity index (χ3v) is 2.95. The maximum atomic E-state index is 11.7. The fourth-order valence-corrected chi connectivity index (χ4v) is 2.05. The van der Waals surface area contributed by atoms with Gasteiger partial charge in [-0.25, -0.2) is 0 Å². The minimum atomic E-state index is -0.257. The van der Waals surface area contributed by atoms with Crippen LogP contribution in [0.15, 0.2) is 12.1 Å². The predicted octanol–water partition coefficient (Wildman–Crippen LogP) is 1.51. The van der Waals surface area contributed by atoms with Crippen molar-refractivity contribution in [3.8, 4) is 11.5 Å². The predicted molar refractivity (Wildman–Crippen MR) is 59.1 cm³/mol. The molecule has 2 heterocycles. The summed E-state index contributed by atoms with van der Waals surface area (Å²) >= 11 is 0. The van der Waals surface area contributed by atoms with Gasteiger partial charge in [0.25, 0.3) is 0 Å². The van der Waals surface area contributed by atoms with E-state index in [1.54, 1.807) is 0 Å². The first-order valence-corrected chi connectivity index (χ1v) is 5.17. The van der Waals surface area contributed by atoms with Gasteiger partial charge in [-0.05, 0) is 6.07 Å². The van der Waals surface area contributed by atoms with Gasteiger partial charge in [0.1, 0.15) is 0 Å². The van der Waals surface area contributed by atoms with Crippen LogP contribution in [-0.4, -0.2) is 23.4 Å². The summed E-state index contributed by atoms with van der Waals surface area (Å²) in [7, 11) is 0. The molecule has 0 radical (unpaired) electrons. The molecule has 16 heavy (non-hydrogen) atoms. The molecule has 0 saturated heterocycles. The van der Waals surface area contributed by atoms with E-state index in [1.807, 2.05) is 26.0 Å². The van der Waals surface area contributed by atoms with Crippen molar-refractivity contribution >= 4 is 11.4 Å². The van der Waals surface area contributed by atoms with E-state index in [-0.39, 0.29) is 13.0 Å². The number of ether oxygens (including phenoxy) is 2. The maximum Gasteiger partial charge on any atom is 0.233 e. The topological polar surface area (TPSA) is 56.6 Å². The average Bonchev–Trinajstić information content (AvgIpc) is 2.71. The Hall–Kier alpha value is -1.91. The standard InChI is InChI=1S/C11H12N2O3/c1-6-8-3-10-11(16-5-15-10)4-9(8)12-7(2)13(6)14/h3-4,7,12H,5H2,1-2H3. The van der Waals surface area contributed by atoms with E-state index in [0.29, 0.717) is 11.5 Å². The number of nitrogens with one attached hydrogen (secondary N) is 1. The lowest BCUT2D eigenvalue weighted by atomic mass is 10.1. The summed E-state index contributed by atoms with van der Waals surface area (Å²) in [5.41, 5.74) is 2.48. The third kappa shape index (κ3) is 1.14. The Morgan fingerprint density at radius 3 is 2.81 bits per heavy atom. The molecule has 1 atom stereocenters. The number of rotatable bonds is 0. The van der Waals surface area contributed by atoms with Crippen molar-refractivity contribution in [1.29, 1.82) is 0 Å². The summed E-state index contributed by atoms with van der Waals surface area (Å²) in [6.45, 7) is 3.88. The van der Waals surface area contributed by atoms with Crippen LogP contribution in [0.1, 0.15) is 19.4 Å². The maximum absolute atomic E-state index is 11.7. The van der Waals surface area contributed by atoms with Crippen LogP contribution in [0, 0.1) is 5.21 Å². The average molecular weight is 220 g/mol. The smallest absolute Gasteiger partial charge is 0.233 e. The van der Waals surface area contributed by atoms with Crippen molar-refractivity contribution in [2.45, 2.75) is 20.0 Å². The normalized spacial score (nSPS) is 21.8. The first-order chi connectivity index (χ1) is 7.66. The van der Waals surface area contributed by atoms with Crippen molar-refractivity contribution in [3.63, 3.8) is 0 Å². The van der Waals surface area contributed by atoms with Crippen LogP contribution in [0.4, 0.5) is 5.69 Å². The van der Waals surface area contributed by atoms with Gasteiger partial charge in [0.2, 0.25) is 13.0 Å². The Bertz CT molecular complexity index is 496. The highest BCUT2D eigenvalue weighted by atomic mass is 16.7. The zero-order valence-electron chi connectivity index (χ0n) is 9.11. The SMILES string of the molecule is CC1=[N+]([O-])C(C)Nc2cc3c(cc21)OCO3. The molecule has 0 bridgehead atoms. The Morgan fingerprint density at radius 1 is 1.38 bits per heavy atom. The van der Waals surface area contributed by atoms with Gasteiger partial charge in [0.05, 0.1) is 11.3 Å². The molecule has 0 spiro atoms. The monoisotopic (exact) mass is 220 g/mol. The first kappa shape index (κ1) is 9.33. The van der Waals surface area contributed by atoms with E-state index in [0.717, 1.165) is 21.7 Å². The van der Waals surface area contributed by atoms with Crippen molar-refractivity contribution in [2.75, 3.05) is 12.1 Å². The van der Waals surface area contributed by atoms with Gasteiger partial charge >= 0.3 is 0 Å². The number of nitrogens with zero attached hydrogens (tertiary/aromatic N) is 1. The summed E-state index contributed by atoms with van der Waals surface area (Å²) in [6.07, 6.45) is -0.257. The lowest BCUT2D eigenvalue weighted by Crippen LogP contribution is -2.35. The Kier molecular flexibility index (Phi) is 1.77. The van der Waals surface area contributed by atoms with Crippen LogP contribution in [0.5, 0.6) is 11.5 Å². The number of hydroxylamine groups is 1. The van der Waals surface area contributed by atoms with Gasteiger partial charge in [-0.3, -0.25) is 0 Å². The lowest BCUT2D eigenvalue weighted by molar-refractivity contribution is -0.490. The number of hydrogen-bond acceptors (Lipinski definition) is 4. The zero-order chi connectivity index (χ0) is 11.3. The largest absolute Gasteiger partial charge is 0.622 e. The molecule has 1 N–H and O–H groups in total. The molecule has 5 nitrogen and oxygen atoms in total. The first-order valence-electron chi connectivity index (χ1n) is 5.17. The number of fused-ring (bicyclic) bond motifs is 2. The third-order valence-electron chi connectivity index (χ3n) is 2.95. The minimum absolute atomic E-state index is 0.244. The molecule has 0 fully saturated rings. The molecular weight excluding hydrogens is 208 g/mol. The van der Waals surface area contributed by atoms with Crippen LogP contribution in [0.25, 0.3) is 0 Å². The summed E-state index contributed by atoms with van der Waals surface area (Å²) in [4.78, 5) is 0. The number of hydrogen-bond donors (Lipinski definition) is 1. The summed E-state index contributed by atoms with van der Waals surface area (Å²) < 4.78 is 11.6. The van der Waals surface area contributed by atoms with E-state index < -0.39 is 0 Å². The molecule has 1 unspecified atom stereocenters. The van der Waals surface area contributed by atoms with E-state index in [4.69, 9.17) is 9.47 Å². The molecule has 0 aliphatic carbocycles. The summed E-state index contributed by atoms with van der Waals surface area (Å²) in [6, 6.07) is 3.72. The van der Waals surface area contributed by atoms with Gasteiger partial charge in [-0.2, -0.15) is 4.74 Å². The van der Waals surface area contributed by atoms with Crippen molar-refractivity contribution in [2.24, 2.45) is 0 Å². The summed E-state index contributed by atoms with van der Waals surface area (Å²) in [5.74, 6) is 1.42. The minimum Gasteiger partial charge on any atom is -0.622 e. The molecule has 1 aromatic rings. The van der Waals surface area contributed by atoms with E-state index in [1.165, 1.54) is 0 Å². The van der Waals surface area contributed by atoms with Crippen LogP contribution < -0.4 is 14.8 Å². The van der Waals surface area contributed by atoms with Crippen molar-refractivity contribution < 1.29 is 14.2 Å².